The molecule has 0 spiro atoms. The van der Waals surface area contributed by atoms with Gasteiger partial charge in [-0.05, 0) is 151 Å². The fourth-order valence-corrected chi connectivity index (χ4v) is 9.60. The van der Waals surface area contributed by atoms with Gasteiger partial charge in [-0.1, -0.05) is 200 Å². The molecule has 60 heavy (non-hydrogen) atoms. The van der Waals surface area contributed by atoms with Crippen molar-refractivity contribution in [1.82, 2.24) is 0 Å². The summed E-state index contributed by atoms with van der Waals surface area (Å²) in [5.41, 5.74) is 12.4. The molecule has 0 nitrogen and oxygen atoms in total. The van der Waals surface area contributed by atoms with Gasteiger partial charge >= 0.3 is 0 Å². The van der Waals surface area contributed by atoms with E-state index in [0.717, 1.165) is 0 Å². The van der Waals surface area contributed by atoms with Gasteiger partial charge in [0.2, 0.25) is 0 Å². The Balaban J connectivity index is 0.905. The van der Waals surface area contributed by atoms with Crippen LogP contribution in [0.25, 0.3) is 120 Å². The van der Waals surface area contributed by atoms with Crippen molar-refractivity contribution in [2.24, 2.45) is 0 Å². The van der Waals surface area contributed by atoms with E-state index in [4.69, 9.17) is 0 Å². The van der Waals surface area contributed by atoms with Crippen LogP contribution in [0, 0.1) is 0 Å². The normalized spacial score (nSPS) is 11.7. The van der Waals surface area contributed by atoms with E-state index >= 15 is 0 Å². The summed E-state index contributed by atoms with van der Waals surface area (Å²) in [6.45, 7) is 0. The molecule has 0 aliphatic heterocycles. The molecule has 0 aliphatic carbocycles. The molecule has 0 fully saturated rings. The molecule has 0 heteroatoms. The summed E-state index contributed by atoms with van der Waals surface area (Å²) >= 11 is 0. The average Bonchev–Trinajstić information content (AvgIpc) is 3.32. The van der Waals surface area contributed by atoms with E-state index in [-0.39, 0.29) is 0 Å². The van der Waals surface area contributed by atoms with Gasteiger partial charge in [-0.25, -0.2) is 0 Å². The van der Waals surface area contributed by atoms with Crippen LogP contribution in [0.2, 0.25) is 0 Å². The Labute approximate surface area is 349 Å². The summed E-state index contributed by atoms with van der Waals surface area (Å²) in [6, 6.07) is 85.1. The molecule has 0 saturated heterocycles. The van der Waals surface area contributed by atoms with E-state index in [1.54, 1.807) is 0 Å². The number of benzene rings is 12. The third-order valence-corrected chi connectivity index (χ3v) is 12.6. The minimum absolute atomic E-state index is 1.22. The lowest BCUT2D eigenvalue weighted by molar-refractivity contribution is 1.63. The topological polar surface area (TPSA) is 0 Å². The third-order valence-electron chi connectivity index (χ3n) is 12.6. The van der Waals surface area contributed by atoms with E-state index in [1.807, 2.05) is 0 Å². The first-order chi connectivity index (χ1) is 29.7. The summed E-state index contributed by atoms with van der Waals surface area (Å²) in [5, 5.41) is 15.1. The van der Waals surface area contributed by atoms with Crippen molar-refractivity contribution >= 4 is 64.6 Å². The van der Waals surface area contributed by atoms with Gasteiger partial charge in [0.25, 0.3) is 0 Å². The van der Waals surface area contributed by atoms with Crippen LogP contribution in [0.1, 0.15) is 0 Å². The summed E-state index contributed by atoms with van der Waals surface area (Å²) in [6.07, 6.45) is 0. The van der Waals surface area contributed by atoms with Crippen molar-refractivity contribution in [3.8, 4) is 55.6 Å². The highest BCUT2D eigenvalue weighted by Gasteiger charge is 2.17. The molecular formula is C60H38. The van der Waals surface area contributed by atoms with Crippen molar-refractivity contribution in [3.05, 3.63) is 231 Å². The first-order valence-corrected chi connectivity index (χ1v) is 20.8. The highest BCUT2D eigenvalue weighted by Crippen LogP contribution is 2.45. The Morgan fingerprint density at radius 3 is 1.00 bits per heavy atom. The minimum Gasteiger partial charge on any atom is -0.0616 e. The number of rotatable bonds is 5. The van der Waals surface area contributed by atoms with Crippen LogP contribution >= 0.6 is 0 Å². The van der Waals surface area contributed by atoms with Crippen LogP contribution in [-0.4, -0.2) is 0 Å². The van der Waals surface area contributed by atoms with E-state index < -0.39 is 0 Å². The van der Waals surface area contributed by atoms with Crippen molar-refractivity contribution in [2.45, 2.75) is 0 Å². The zero-order valence-electron chi connectivity index (χ0n) is 32.9. The summed E-state index contributed by atoms with van der Waals surface area (Å²) in [4.78, 5) is 0. The van der Waals surface area contributed by atoms with E-state index in [9.17, 15) is 0 Å². The molecule has 278 valence electrons. The molecule has 0 radical (unpaired) electrons. The summed E-state index contributed by atoms with van der Waals surface area (Å²) in [7, 11) is 0. The fourth-order valence-electron chi connectivity index (χ4n) is 9.60. The van der Waals surface area contributed by atoms with Crippen molar-refractivity contribution < 1.29 is 0 Å². The Morgan fingerprint density at radius 1 is 0.167 bits per heavy atom. The van der Waals surface area contributed by atoms with Crippen molar-refractivity contribution in [1.29, 1.82) is 0 Å². The molecule has 0 bridgehead atoms. The highest BCUT2D eigenvalue weighted by atomic mass is 14.2. The molecule has 12 aromatic rings. The van der Waals surface area contributed by atoms with Gasteiger partial charge in [-0.15, -0.1) is 0 Å². The Bertz CT molecular complexity index is 3580. The lowest BCUT2D eigenvalue weighted by Gasteiger charge is -2.18. The van der Waals surface area contributed by atoms with Gasteiger partial charge in [-0.2, -0.15) is 0 Å². The third kappa shape index (κ3) is 5.76. The van der Waals surface area contributed by atoms with Crippen LogP contribution in [0.3, 0.4) is 0 Å². The maximum Gasteiger partial charge on any atom is -0.00262 e. The smallest absolute Gasteiger partial charge is 0.00262 e. The fraction of sp³-hybridized carbons (Fsp3) is 0. The molecule has 0 atom stereocenters. The SMILES string of the molecule is c1ccc2cc(-c3ccc4cc(-c5ccc6cc(-c7c8ccccc8c(-c8ccc(-c9cccc%10ccccc9%10)cc8)c8ccccc78)ccc6c5)ccc4c3)ccc2c1. The Hall–Kier alpha value is -7.80. The van der Waals surface area contributed by atoms with E-state index in [1.165, 1.54) is 120 Å². The number of hydrogen-bond acceptors (Lipinski definition) is 0. The van der Waals surface area contributed by atoms with Gasteiger partial charge in [-0.3, -0.25) is 0 Å². The van der Waals surface area contributed by atoms with Crippen LogP contribution in [0.4, 0.5) is 0 Å². The monoisotopic (exact) mass is 758 g/mol. The van der Waals surface area contributed by atoms with Crippen LogP contribution in [-0.2, 0) is 0 Å². The van der Waals surface area contributed by atoms with Crippen LogP contribution in [0.5, 0.6) is 0 Å². The summed E-state index contributed by atoms with van der Waals surface area (Å²) in [5.74, 6) is 0. The van der Waals surface area contributed by atoms with Gasteiger partial charge in [0, 0.05) is 0 Å². The Morgan fingerprint density at radius 2 is 0.483 bits per heavy atom. The molecule has 0 heterocycles. The molecule has 12 rings (SSSR count). The zero-order valence-corrected chi connectivity index (χ0v) is 32.9. The minimum atomic E-state index is 1.22. The number of fused-ring (bicyclic) bond motifs is 6. The molecule has 0 N–H and O–H groups in total. The molecule has 12 aromatic carbocycles. The average molecular weight is 759 g/mol. The lowest BCUT2D eigenvalue weighted by Crippen LogP contribution is -1.91. The van der Waals surface area contributed by atoms with Crippen molar-refractivity contribution in [3.63, 3.8) is 0 Å². The molecule has 0 saturated carbocycles. The quantitative estimate of drug-likeness (QED) is 0.153. The first-order valence-electron chi connectivity index (χ1n) is 20.8. The summed E-state index contributed by atoms with van der Waals surface area (Å²) < 4.78 is 0. The molecule has 0 aliphatic rings. The van der Waals surface area contributed by atoms with Gasteiger partial charge < -0.3 is 0 Å². The largest absolute Gasteiger partial charge is 0.0616 e. The van der Waals surface area contributed by atoms with Gasteiger partial charge in [0.05, 0.1) is 0 Å². The maximum absolute atomic E-state index is 2.38. The maximum atomic E-state index is 2.38. The highest BCUT2D eigenvalue weighted by molar-refractivity contribution is 6.22. The van der Waals surface area contributed by atoms with E-state index in [2.05, 4.69) is 231 Å². The molecule has 0 amide bonds. The lowest BCUT2D eigenvalue weighted by atomic mass is 9.85. The molecule has 0 unspecified atom stereocenters. The molecule has 0 aromatic heterocycles. The standard InChI is InChI=1S/C60H38/c1-2-12-43-34-44(25-20-39(43)10-1)45-26-27-47-36-48(29-28-46(47)35-45)49-30-31-51-38-52(33-32-50(51)37-49)60-57-17-7-5-15-55(57)59(56-16-6-8-18-58(56)60)42-23-21-41(22-24-42)54-19-9-13-40-11-3-4-14-53(40)54/h1-38H. The first kappa shape index (κ1) is 34.3. The molecular weight excluding hydrogens is 721 g/mol. The Kier molecular flexibility index (Phi) is 7.96. The zero-order chi connectivity index (χ0) is 39.6. The van der Waals surface area contributed by atoms with E-state index in [0.29, 0.717) is 0 Å². The second-order valence-corrected chi connectivity index (χ2v) is 16.1. The van der Waals surface area contributed by atoms with Gasteiger partial charge in [0.15, 0.2) is 0 Å². The van der Waals surface area contributed by atoms with Gasteiger partial charge in [0.1, 0.15) is 0 Å². The van der Waals surface area contributed by atoms with Crippen LogP contribution in [0.15, 0.2) is 231 Å². The second-order valence-electron chi connectivity index (χ2n) is 16.1. The number of hydrogen-bond donors (Lipinski definition) is 0. The second kappa shape index (κ2) is 13.9. The van der Waals surface area contributed by atoms with Crippen LogP contribution < -0.4 is 0 Å². The predicted molar refractivity (Wildman–Crippen MR) is 259 cm³/mol. The predicted octanol–water partition coefficient (Wildman–Crippen LogP) is 16.9. The van der Waals surface area contributed by atoms with Crippen molar-refractivity contribution in [2.75, 3.05) is 0 Å².